The van der Waals surface area contributed by atoms with Crippen LogP contribution in [0, 0.1) is 0 Å². The number of thiophene rings is 1. The summed E-state index contributed by atoms with van der Waals surface area (Å²) < 4.78 is 0. The summed E-state index contributed by atoms with van der Waals surface area (Å²) >= 11 is 3.51. The number of rotatable bonds is 6. The number of nitrogens with one attached hydrogen (secondary N) is 1. The van der Waals surface area contributed by atoms with Crippen LogP contribution in [0.4, 0.5) is 5.13 Å². The zero-order chi connectivity index (χ0) is 13.8. The highest BCUT2D eigenvalue weighted by molar-refractivity contribution is 7.13. The van der Waals surface area contributed by atoms with Crippen LogP contribution in [0.5, 0.6) is 0 Å². The first-order valence-electron chi connectivity index (χ1n) is 6.58. The van der Waals surface area contributed by atoms with Crippen molar-refractivity contribution < 1.29 is 0 Å². The molecule has 2 unspecified atom stereocenters. The maximum absolute atomic E-state index is 4.75. The molecule has 0 aromatic carbocycles. The molecule has 19 heavy (non-hydrogen) atoms. The van der Waals surface area contributed by atoms with Crippen LogP contribution in [0.3, 0.4) is 0 Å². The molecule has 3 nitrogen and oxygen atoms in total. The number of thiazole rings is 1. The second kappa shape index (κ2) is 6.50. The molecule has 0 spiro atoms. The lowest BCUT2D eigenvalue weighted by Crippen LogP contribution is -2.21. The predicted octanol–water partition coefficient (Wildman–Crippen LogP) is 4.07. The third-order valence-corrected chi connectivity index (χ3v) is 5.29. The molecule has 5 heteroatoms. The first-order chi connectivity index (χ1) is 9.13. The van der Waals surface area contributed by atoms with Crippen LogP contribution < -0.4 is 10.2 Å². The summed E-state index contributed by atoms with van der Waals surface area (Å²) in [4.78, 5) is 8.37. The summed E-state index contributed by atoms with van der Waals surface area (Å²) in [6, 6.07) is 4.97. The van der Waals surface area contributed by atoms with Crippen molar-refractivity contribution >= 4 is 27.8 Å². The van der Waals surface area contributed by atoms with E-state index in [4.69, 9.17) is 4.98 Å². The summed E-state index contributed by atoms with van der Waals surface area (Å²) in [6.45, 7) is 7.47. The molecule has 0 saturated heterocycles. The van der Waals surface area contributed by atoms with Crippen molar-refractivity contribution in [2.24, 2.45) is 0 Å². The molecule has 2 heterocycles. The van der Waals surface area contributed by atoms with Crippen molar-refractivity contribution in [3.8, 4) is 0 Å². The second-order valence-corrected chi connectivity index (χ2v) is 6.45. The number of aromatic nitrogens is 1. The fourth-order valence-corrected chi connectivity index (χ4v) is 3.73. The first kappa shape index (κ1) is 14.5. The van der Waals surface area contributed by atoms with Crippen LogP contribution in [0.25, 0.3) is 0 Å². The molecule has 0 saturated carbocycles. The van der Waals surface area contributed by atoms with Crippen molar-refractivity contribution in [3.05, 3.63) is 33.5 Å². The Kier molecular flexibility index (Phi) is 4.96. The highest BCUT2D eigenvalue weighted by atomic mass is 32.1. The minimum Gasteiger partial charge on any atom is -0.344 e. The lowest BCUT2D eigenvalue weighted by molar-refractivity contribution is 0.585. The van der Waals surface area contributed by atoms with Gasteiger partial charge in [0, 0.05) is 23.3 Å². The molecule has 104 valence electrons. The van der Waals surface area contributed by atoms with Crippen LogP contribution in [0.1, 0.15) is 43.4 Å². The molecule has 0 fully saturated rings. The van der Waals surface area contributed by atoms with Crippen LogP contribution in [-0.4, -0.2) is 18.6 Å². The van der Waals surface area contributed by atoms with Gasteiger partial charge in [-0.3, -0.25) is 0 Å². The van der Waals surface area contributed by atoms with Gasteiger partial charge in [-0.2, -0.15) is 0 Å². The average molecular weight is 295 g/mol. The lowest BCUT2D eigenvalue weighted by Gasteiger charge is -2.23. The van der Waals surface area contributed by atoms with Gasteiger partial charge in [-0.1, -0.05) is 13.0 Å². The fraction of sp³-hybridized carbons (Fsp3) is 0.500. The normalized spacial score (nSPS) is 14.3. The van der Waals surface area contributed by atoms with E-state index in [1.165, 1.54) is 4.88 Å². The standard InChI is InChI=1S/C14H21N3S2/c1-5-15-10(2)12-9-19-14(16-12)17(4)11(3)13-7-6-8-18-13/h6-11,15H,5H2,1-4H3. The number of anilines is 1. The summed E-state index contributed by atoms with van der Waals surface area (Å²) in [7, 11) is 2.12. The summed E-state index contributed by atoms with van der Waals surface area (Å²) in [6.07, 6.45) is 0. The number of hydrogen-bond donors (Lipinski definition) is 1. The topological polar surface area (TPSA) is 28.2 Å². The molecule has 0 aliphatic carbocycles. The third-order valence-electron chi connectivity index (χ3n) is 3.30. The van der Waals surface area contributed by atoms with Gasteiger partial charge in [0.05, 0.1) is 11.7 Å². The maximum Gasteiger partial charge on any atom is 0.185 e. The van der Waals surface area contributed by atoms with Gasteiger partial charge in [-0.05, 0) is 31.8 Å². The third kappa shape index (κ3) is 3.35. The van der Waals surface area contributed by atoms with Gasteiger partial charge in [0.25, 0.3) is 0 Å². The molecule has 2 atom stereocenters. The molecule has 2 aromatic heterocycles. The second-order valence-electron chi connectivity index (χ2n) is 4.64. The molecule has 2 aromatic rings. The van der Waals surface area contributed by atoms with Crippen molar-refractivity contribution in [1.82, 2.24) is 10.3 Å². The quantitative estimate of drug-likeness (QED) is 0.870. The largest absolute Gasteiger partial charge is 0.344 e. The van der Waals surface area contributed by atoms with E-state index in [0.717, 1.165) is 17.4 Å². The van der Waals surface area contributed by atoms with Gasteiger partial charge in [0.15, 0.2) is 5.13 Å². The smallest absolute Gasteiger partial charge is 0.185 e. The highest BCUT2D eigenvalue weighted by Gasteiger charge is 2.17. The minimum absolute atomic E-state index is 0.320. The lowest BCUT2D eigenvalue weighted by atomic mass is 10.2. The van der Waals surface area contributed by atoms with Gasteiger partial charge in [0.2, 0.25) is 0 Å². The Bertz CT molecular complexity index is 493. The molecule has 1 N–H and O–H groups in total. The van der Waals surface area contributed by atoms with Crippen molar-refractivity contribution in [2.45, 2.75) is 32.9 Å². The van der Waals surface area contributed by atoms with E-state index in [1.54, 1.807) is 22.7 Å². The van der Waals surface area contributed by atoms with Gasteiger partial charge < -0.3 is 10.2 Å². The minimum atomic E-state index is 0.320. The average Bonchev–Trinajstić information content (AvgIpc) is 3.08. The van der Waals surface area contributed by atoms with Crippen molar-refractivity contribution in [1.29, 1.82) is 0 Å². The molecular weight excluding hydrogens is 274 g/mol. The van der Waals surface area contributed by atoms with E-state index in [0.29, 0.717) is 12.1 Å². The monoisotopic (exact) mass is 295 g/mol. The Hall–Kier alpha value is -0.910. The number of hydrogen-bond acceptors (Lipinski definition) is 5. The Labute approximate surface area is 123 Å². The summed E-state index contributed by atoms with van der Waals surface area (Å²) in [5, 5.41) is 8.76. The molecule has 0 bridgehead atoms. The van der Waals surface area contributed by atoms with E-state index in [1.807, 2.05) is 0 Å². The Morgan fingerprint density at radius 3 is 2.79 bits per heavy atom. The molecular formula is C14H21N3S2. The van der Waals surface area contributed by atoms with Crippen LogP contribution >= 0.6 is 22.7 Å². The Balaban J connectivity index is 2.09. The molecule has 2 rings (SSSR count). The first-order valence-corrected chi connectivity index (χ1v) is 8.34. The predicted molar refractivity (Wildman–Crippen MR) is 85.3 cm³/mol. The van der Waals surface area contributed by atoms with E-state index in [-0.39, 0.29) is 0 Å². The Morgan fingerprint density at radius 2 is 2.16 bits per heavy atom. The van der Waals surface area contributed by atoms with Gasteiger partial charge in [-0.15, -0.1) is 22.7 Å². The van der Waals surface area contributed by atoms with Crippen molar-refractivity contribution in [3.63, 3.8) is 0 Å². The van der Waals surface area contributed by atoms with Crippen LogP contribution in [0.2, 0.25) is 0 Å². The summed E-state index contributed by atoms with van der Waals surface area (Å²) in [5.41, 5.74) is 1.13. The van der Waals surface area contributed by atoms with Gasteiger partial charge in [0.1, 0.15) is 0 Å². The van der Waals surface area contributed by atoms with E-state index in [9.17, 15) is 0 Å². The molecule has 0 radical (unpaired) electrons. The zero-order valence-corrected chi connectivity index (χ0v) is 13.5. The molecule has 0 amide bonds. The van der Waals surface area contributed by atoms with Crippen LogP contribution in [-0.2, 0) is 0 Å². The van der Waals surface area contributed by atoms with Crippen LogP contribution in [0.15, 0.2) is 22.9 Å². The van der Waals surface area contributed by atoms with E-state index >= 15 is 0 Å². The van der Waals surface area contributed by atoms with Crippen molar-refractivity contribution in [2.75, 3.05) is 18.5 Å². The highest BCUT2D eigenvalue weighted by Crippen LogP contribution is 2.31. The fourth-order valence-electron chi connectivity index (χ4n) is 1.93. The molecule has 0 aliphatic rings. The maximum atomic E-state index is 4.75. The number of nitrogens with zero attached hydrogens (tertiary/aromatic N) is 2. The molecule has 0 aliphatic heterocycles. The van der Waals surface area contributed by atoms with E-state index in [2.05, 4.69) is 60.9 Å². The van der Waals surface area contributed by atoms with Gasteiger partial charge in [-0.25, -0.2) is 4.98 Å². The zero-order valence-electron chi connectivity index (χ0n) is 11.9. The van der Waals surface area contributed by atoms with Gasteiger partial charge >= 0.3 is 0 Å². The Morgan fingerprint density at radius 1 is 1.37 bits per heavy atom. The summed E-state index contributed by atoms with van der Waals surface area (Å²) in [5.74, 6) is 0. The SMILES string of the molecule is CCNC(C)c1csc(N(C)C(C)c2cccs2)n1. The van der Waals surface area contributed by atoms with E-state index < -0.39 is 0 Å².